The number of aliphatic imine (C=N–C) groups is 1. The van der Waals surface area contributed by atoms with Crippen LogP contribution < -0.4 is 5.32 Å². The van der Waals surface area contributed by atoms with Crippen LogP contribution >= 0.6 is 0 Å². The van der Waals surface area contributed by atoms with Gasteiger partial charge in [-0.3, -0.25) is 14.7 Å². The molecule has 0 radical (unpaired) electrons. The van der Waals surface area contributed by atoms with Crippen LogP contribution in [0, 0.1) is 5.92 Å². The molecule has 1 amide bonds. The lowest BCUT2D eigenvalue weighted by Crippen LogP contribution is -2.40. The Hall–Kier alpha value is -1.84. The van der Waals surface area contributed by atoms with Gasteiger partial charge in [0.1, 0.15) is 0 Å². The lowest BCUT2D eigenvalue weighted by Gasteiger charge is -2.22. The Bertz CT molecular complexity index is 563. The van der Waals surface area contributed by atoms with Gasteiger partial charge in [0.05, 0.1) is 6.54 Å². The van der Waals surface area contributed by atoms with Crippen LogP contribution in [0.1, 0.15) is 31.4 Å². The van der Waals surface area contributed by atoms with Gasteiger partial charge in [0.25, 0.3) is 0 Å². The Kier molecular flexibility index (Phi) is 3.47. The smallest absolute Gasteiger partial charge is 0.231 e. The molecule has 0 aromatic heterocycles. The summed E-state index contributed by atoms with van der Waals surface area (Å²) in [5.41, 5.74) is 3.93. The molecule has 0 fully saturated rings. The van der Waals surface area contributed by atoms with Gasteiger partial charge >= 0.3 is 0 Å². The van der Waals surface area contributed by atoms with Crippen molar-refractivity contribution >= 4 is 17.6 Å². The number of rotatable bonds is 2. The molecule has 0 saturated heterocycles. The minimum absolute atomic E-state index is 0.00147. The second kappa shape index (κ2) is 5.27. The van der Waals surface area contributed by atoms with E-state index >= 15 is 0 Å². The van der Waals surface area contributed by atoms with Gasteiger partial charge < -0.3 is 5.32 Å². The van der Waals surface area contributed by atoms with Crippen molar-refractivity contribution in [3.05, 3.63) is 29.3 Å². The van der Waals surface area contributed by atoms with Crippen LogP contribution in [0.25, 0.3) is 0 Å². The van der Waals surface area contributed by atoms with Gasteiger partial charge in [-0.1, -0.05) is 26.0 Å². The van der Waals surface area contributed by atoms with Gasteiger partial charge in [-0.05, 0) is 36.5 Å². The van der Waals surface area contributed by atoms with Crippen molar-refractivity contribution in [2.75, 3.05) is 18.4 Å². The van der Waals surface area contributed by atoms with Crippen LogP contribution in [0.15, 0.2) is 23.2 Å². The number of nitrogens with one attached hydrogen (secondary N) is 1. The maximum Gasteiger partial charge on any atom is 0.231 e. The fourth-order valence-electron chi connectivity index (χ4n) is 2.94. The lowest BCUT2D eigenvalue weighted by atomic mass is 10.1. The molecule has 3 rings (SSSR count). The molecule has 2 aliphatic rings. The summed E-state index contributed by atoms with van der Waals surface area (Å²) in [4.78, 5) is 18.4. The average molecular weight is 271 g/mol. The van der Waals surface area contributed by atoms with E-state index in [1.54, 1.807) is 4.90 Å². The summed E-state index contributed by atoms with van der Waals surface area (Å²) in [6.45, 7) is 5.24. The number of carbonyl (C=O) groups is 1. The van der Waals surface area contributed by atoms with Crippen molar-refractivity contribution in [1.82, 2.24) is 4.90 Å². The predicted octanol–water partition coefficient (Wildman–Crippen LogP) is 2.44. The fraction of sp³-hybridized carbons (Fsp3) is 0.500. The molecule has 1 aromatic rings. The molecule has 0 bridgehead atoms. The van der Waals surface area contributed by atoms with Crippen LogP contribution in [0.4, 0.5) is 5.69 Å². The summed E-state index contributed by atoms with van der Waals surface area (Å²) in [6.07, 6.45) is 3.49. The molecule has 1 aliphatic heterocycles. The van der Waals surface area contributed by atoms with E-state index in [1.165, 1.54) is 17.5 Å². The third-order valence-corrected chi connectivity index (χ3v) is 3.99. The number of guanidine groups is 1. The summed E-state index contributed by atoms with van der Waals surface area (Å²) in [5.74, 6) is 0.854. The second-order valence-corrected chi connectivity index (χ2v) is 5.77. The number of benzene rings is 1. The van der Waals surface area contributed by atoms with Crippen molar-refractivity contribution in [1.29, 1.82) is 0 Å². The number of hydrogen-bond acceptors (Lipinski definition) is 3. The Balaban J connectivity index is 1.81. The van der Waals surface area contributed by atoms with Crippen molar-refractivity contribution in [3.63, 3.8) is 0 Å². The predicted molar refractivity (Wildman–Crippen MR) is 80.9 cm³/mol. The molecule has 0 atom stereocenters. The second-order valence-electron chi connectivity index (χ2n) is 5.77. The Morgan fingerprint density at radius 3 is 3.00 bits per heavy atom. The Morgan fingerprint density at radius 2 is 2.20 bits per heavy atom. The van der Waals surface area contributed by atoms with Gasteiger partial charge in [-0.2, -0.15) is 0 Å². The van der Waals surface area contributed by atoms with Crippen molar-refractivity contribution in [2.24, 2.45) is 10.9 Å². The molecule has 4 heteroatoms. The summed E-state index contributed by atoms with van der Waals surface area (Å²) >= 11 is 0. The van der Waals surface area contributed by atoms with Gasteiger partial charge in [0.15, 0.2) is 0 Å². The standard InChI is InChI=1S/C16H21N3O/c1-11(2)15(20)19-10-9-17-16(19)18-14-8-4-6-12-5-3-7-13(12)14/h4,6,8,11H,3,5,7,9-10H2,1-2H3,(H,17,18). The molecule has 1 heterocycles. The first-order valence-electron chi connectivity index (χ1n) is 7.40. The van der Waals surface area contributed by atoms with Crippen LogP contribution in [-0.4, -0.2) is 29.9 Å². The normalized spacial score (nSPS) is 17.4. The molecule has 1 N–H and O–H groups in total. The molecule has 0 unspecified atom stereocenters. The number of amides is 1. The van der Waals surface area contributed by atoms with E-state index in [4.69, 9.17) is 0 Å². The molecular weight excluding hydrogens is 250 g/mol. The first-order chi connectivity index (χ1) is 9.66. The minimum atomic E-state index is 0.00147. The number of anilines is 1. The third-order valence-electron chi connectivity index (χ3n) is 3.99. The van der Waals surface area contributed by atoms with Crippen LogP contribution in [-0.2, 0) is 17.6 Å². The van der Waals surface area contributed by atoms with E-state index in [-0.39, 0.29) is 11.8 Å². The molecule has 4 nitrogen and oxygen atoms in total. The maximum atomic E-state index is 12.2. The first-order valence-corrected chi connectivity index (χ1v) is 7.40. The summed E-state index contributed by atoms with van der Waals surface area (Å²) in [5, 5.41) is 3.38. The van der Waals surface area contributed by atoms with E-state index in [0.29, 0.717) is 19.0 Å². The molecule has 1 aliphatic carbocycles. The fourth-order valence-corrected chi connectivity index (χ4v) is 2.94. The zero-order chi connectivity index (χ0) is 14.1. The topological polar surface area (TPSA) is 44.7 Å². The van der Waals surface area contributed by atoms with Gasteiger partial charge in [0.2, 0.25) is 11.9 Å². The maximum absolute atomic E-state index is 12.2. The zero-order valence-electron chi connectivity index (χ0n) is 12.1. The zero-order valence-corrected chi connectivity index (χ0v) is 12.1. The van der Waals surface area contributed by atoms with Gasteiger partial charge in [-0.15, -0.1) is 0 Å². The van der Waals surface area contributed by atoms with E-state index in [0.717, 1.165) is 18.5 Å². The third kappa shape index (κ3) is 2.30. The summed E-state index contributed by atoms with van der Waals surface area (Å²) in [7, 11) is 0. The number of aryl methyl sites for hydroxylation is 1. The van der Waals surface area contributed by atoms with Crippen LogP contribution in [0.5, 0.6) is 0 Å². The number of nitrogens with zero attached hydrogens (tertiary/aromatic N) is 2. The highest BCUT2D eigenvalue weighted by atomic mass is 16.2. The number of hydrogen-bond donors (Lipinski definition) is 1. The average Bonchev–Trinajstić information content (AvgIpc) is 3.06. The van der Waals surface area contributed by atoms with Crippen molar-refractivity contribution in [2.45, 2.75) is 33.1 Å². The Morgan fingerprint density at radius 1 is 1.35 bits per heavy atom. The lowest BCUT2D eigenvalue weighted by molar-refractivity contribution is -0.130. The number of carbonyl (C=O) groups excluding carboxylic acids is 1. The minimum Gasteiger partial charge on any atom is -0.326 e. The highest BCUT2D eigenvalue weighted by Gasteiger charge is 2.26. The van der Waals surface area contributed by atoms with E-state index < -0.39 is 0 Å². The highest BCUT2D eigenvalue weighted by molar-refractivity contribution is 6.06. The molecule has 20 heavy (non-hydrogen) atoms. The van der Waals surface area contributed by atoms with E-state index in [9.17, 15) is 4.79 Å². The van der Waals surface area contributed by atoms with Crippen molar-refractivity contribution < 1.29 is 4.79 Å². The number of fused-ring (bicyclic) bond motifs is 1. The molecule has 106 valence electrons. The molecule has 0 spiro atoms. The quantitative estimate of drug-likeness (QED) is 0.898. The first kappa shape index (κ1) is 13.2. The largest absolute Gasteiger partial charge is 0.326 e. The van der Waals surface area contributed by atoms with Gasteiger partial charge in [0, 0.05) is 18.2 Å². The molecule has 0 saturated carbocycles. The SMILES string of the molecule is CC(C)C(=O)N1CCN=C1Nc1cccc2c1CCC2. The van der Waals surface area contributed by atoms with Crippen LogP contribution in [0.2, 0.25) is 0 Å². The van der Waals surface area contributed by atoms with E-state index in [1.807, 2.05) is 13.8 Å². The highest BCUT2D eigenvalue weighted by Crippen LogP contribution is 2.29. The molecule has 1 aromatic carbocycles. The summed E-state index contributed by atoms with van der Waals surface area (Å²) < 4.78 is 0. The van der Waals surface area contributed by atoms with Gasteiger partial charge in [-0.25, -0.2) is 0 Å². The van der Waals surface area contributed by atoms with E-state index in [2.05, 4.69) is 28.5 Å². The van der Waals surface area contributed by atoms with Crippen LogP contribution in [0.3, 0.4) is 0 Å². The van der Waals surface area contributed by atoms with Crippen molar-refractivity contribution in [3.8, 4) is 0 Å². The molecular formula is C16H21N3O. The summed E-state index contributed by atoms with van der Waals surface area (Å²) in [6, 6.07) is 6.36. The monoisotopic (exact) mass is 271 g/mol. The Labute approximate surface area is 119 Å².